The summed E-state index contributed by atoms with van der Waals surface area (Å²) in [6.07, 6.45) is 3.38. The molecule has 6 nitrogen and oxygen atoms in total. The Morgan fingerprint density at radius 3 is 2.85 bits per heavy atom. The lowest BCUT2D eigenvalue weighted by Crippen LogP contribution is -2.23. The van der Waals surface area contributed by atoms with Crippen molar-refractivity contribution in [2.75, 3.05) is 5.32 Å². The molecule has 3 aromatic rings. The number of furan rings is 1. The molecular weight excluding hydrogens is 384 g/mol. The van der Waals surface area contributed by atoms with Gasteiger partial charge in [0.25, 0.3) is 0 Å². The highest BCUT2D eigenvalue weighted by molar-refractivity contribution is 8.00. The van der Waals surface area contributed by atoms with Gasteiger partial charge in [0.2, 0.25) is 5.91 Å². The number of halogens is 1. The first-order chi connectivity index (χ1) is 13.0. The van der Waals surface area contributed by atoms with Gasteiger partial charge in [-0.3, -0.25) is 9.36 Å². The monoisotopic (exact) mass is 402 g/mol. The van der Waals surface area contributed by atoms with Crippen molar-refractivity contribution in [3.8, 4) is 11.4 Å². The molecule has 1 amide bonds. The lowest BCUT2D eigenvalue weighted by Gasteiger charge is -2.13. The maximum Gasteiger partial charge on any atom is 0.237 e. The minimum Gasteiger partial charge on any atom is -0.469 e. The standard InChI is InChI=1S/C19H19ClN4O2S/c1-4-10-24-17(14-9-11-26-12(14)2)22-23-19(24)27-13(3)18(25)21-16-8-6-5-7-15(16)20/h4-9,11,13H,1,10H2,2-3H3,(H,21,25)/t13-/m1/s1. The third kappa shape index (κ3) is 4.26. The van der Waals surface area contributed by atoms with Gasteiger partial charge < -0.3 is 9.73 Å². The highest BCUT2D eigenvalue weighted by atomic mass is 35.5. The molecule has 0 aliphatic carbocycles. The Bertz CT molecular complexity index is 966. The molecule has 0 saturated carbocycles. The predicted molar refractivity (Wildman–Crippen MR) is 108 cm³/mol. The minimum atomic E-state index is -0.396. The summed E-state index contributed by atoms with van der Waals surface area (Å²) >= 11 is 7.43. The van der Waals surface area contributed by atoms with Crippen LogP contribution in [0.3, 0.4) is 0 Å². The van der Waals surface area contributed by atoms with Crippen molar-refractivity contribution >= 4 is 35.0 Å². The SMILES string of the molecule is C=CCn1c(S[C@H](C)C(=O)Nc2ccccc2Cl)nnc1-c1ccoc1C. The van der Waals surface area contributed by atoms with Gasteiger partial charge in [0.1, 0.15) is 5.76 Å². The van der Waals surface area contributed by atoms with Gasteiger partial charge in [-0.25, -0.2) is 0 Å². The number of hydrogen-bond acceptors (Lipinski definition) is 5. The van der Waals surface area contributed by atoms with Crippen LogP contribution < -0.4 is 5.32 Å². The molecule has 140 valence electrons. The first-order valence-corrected chi connectivity index (χ1v) is 9.57. The molecule has 0 radical (unpaired) electrons. The summed E-state index contributed by atoms with van der Waals surface area (Å²) in [4.78, 5) is 12.5. The highest BCUT2D eigenvalue weighted by Gasteiger charge is 2.22. The fourth-order valence-electron chi connectivity index (χ4n) is 2.49. The fraction of sp³-hybridized carbons (Fsp3) is 0.211. The quantitative estimate of drug-likeness (QED) is 0.453. The normalized spacial score (nSPS) is 12.0. The third-order valence-electron chi connectivity index (χ3n) is 3.91. The van der Waals surface area contributed by atoms with Crippen LogP contribution in [0.15, 0.2) is 58.8 Å². The number of benzene rings is 1. The van der Waals surface area contributed by atoms with E-state index in [2.05, 4.69) is 22.1 Å². The van der Waals surface area contributed by atoms with Gasteiger partial charge >= 0.3 is 0 Å². The van der Waals surface area contributed by atoms with Crippen LogP contribution in [0.1, 0.15) is 12.7 Å². The summed E-state index contributed by atoms with van der Waals surface area (Å²) in [5.74, 6) is 1.28. The van der Waals surface area contributed by atoms with E-state index in [0.717, 1.165) is 11.3 Å². The van der Waals surface area contributed by atoms with Crippen molar-refractivity contribution < 1.29 is 9.21 Å². The number of rotatable bonds is 7. The molecule has 0 unspecified atom stereocenters. The second kappa shape index (κ2) is 8.45. The molecule has 3 rings (SSSR count). The van der Waals surface area contributed by atoms with Gasteiger partial charge in [-0.2, -0.15) is 0 Å². The topological polar surface area (TPSA) is 73.0 Å². The maximum atomic E-state index is 12.5. The Labute approximate surface area is 166 Å². The first-order valence-electron chi connectivity index (χ1n) is 8.32. The first kappa shape index (κ1) is 19.3. The molecule has 27 heavy (non-hydrogen) atoms. The summed E-state index contributed by atoms with van der Waals surface area (Å²) in [5, 5.41) is 12.1. The largest absolute Gasteiger partial charge is 0.469 e. The van der Waals surface area contributed by atoms with Crippen LogP contribution in [0, 0.1) is 6.92 Å². The zero-order valence-corrected chi connectivity index (χ0v) is 16.5. The number of amides is 1. The van der Waals surface area contributed by atoms with E-state index in [1.54, 1.807) is 24.5 Å². The van der Waals surface area contributed by atoms with E-state index in [9.17, 15) is 4.79 Å². The molecule has 0 fully saturated rings. The summed E-state index contributed by atoms with van der Waals surface area (Å²) in [7, 11) is 0. The Morgan fingerprint density at radius 2 is 2.19 bits per heavy atom. The lowest BCUT2D eigenvalue weighted by atomic mass is 10.2. The van der Waals surface area contributed by atoms with Crippen molar-refractivity contribution in [3.63, 3.8) is 0 Å². The van der Waals surface area contributed by atoms with Gasteiger partial charge in [0.15, 0.2) is 11.0 Å². The van der Waals surface area contributed by atoms with Gasteiger partial charge in [0, 0.05) is 6.54 Å². The Morgan fingerprint density at radius 1 is 1.41 bits per heavy atom. The number of allylic oxidation sites excluding steroid dienone is 1. The molecule has 0 aliphatic heterocycles. The van der Waals surface area contributed by atoms with Gasteiger partial charge in [-0.15, -0.1) is 16.8 Å². The number of nitrogens with zero attached hydrogens (tertiary/aromatic N) is 3. The van der Waals surface area contributed by atoms with E-state index >= 15 is 0 Å². The van der Waals surface area contributed by atoms with Crippen LogP contribution >= 0.6 is 23.4 Å². The smallest absolute Gasteiger partial charge is 0.237 e. The molecule has 0 bridgehead atoms. The number of hydrogen-bond donors (Lipinski definition) is 1. The number of thioether (sulfide) groups is 1. The van der Waals surface area contributed by atoms with E-state index in [4.69, 9.17) is 16.0 Å². The molecule has 2 aromatic heterocycles. The van der Waals surface area contributed by atoms with Crippen molar-refractivity contribution in [1.29, 1.82) is 0 Å². The van der Waals surface area contributed by atoms with Crippen molar-refractivity contribution in [2.45, 2.75) is 30.8 Å². The number of carbonyl (C=O) groups excluding carboxylic acids is 1. The van der Waals surface area contributed by atoms with Crippen LogP contribution in [-0.2, 0) is 11.3 Å². The van der Waals surface area contributed by atoms with E-state index in [0.29, 0.717) is 28.2 Å². The number of nitrogens with one attached hydrogen (secondary N) is 1. The number of para-hydroxylation sites is 1. The molecule has 0 spiro atoms. The summed E-state index contributed by atoms with van der Waals surface area (Å²) in [5.41, 5.74) is 1.45. The lowest BCUT2D eigenvalue weighted by molar-refractivity contribution is -0.115. The molecule has 1 aromatic carbocycles. The Kier molecular flexibility index (Phi) is 6.03. The van der Waals surface area contributed by atoms with Crippen LogP contribution in [-0.4, -0.2) is 25.9 Å². The van der Waals surface area contributed by atoms with E-state index in [1.807, 2.05) is 36.6 Å². The second-order valence-corrected chi connectivity index (χ2v) is 7.54. The predicted octanol–water partition coefficient (Wildman–Crippen LogP) is 4.81. The fourth-order valence-corrected chi connectivity index (χ4v) is 3.54. The van der Waals surface area contributed by atoms with E-state index in [-0.39, 0.29) is 5.91 Å². The summed E-state index contributed by atoms with van der Waals surface area (Å²) < 4.78 is 7.28. The van der Waals surface area contributed by atoms with Crippen molar-refractivity contribution in [3.05, 3.63) is 60.0 Å². The number of anilines is 1. The number of aryl methyl sites for hydroxylation is 1. The number of carbonyl (C=O) groups is 1. The van der Waals surface area contributed by atoms with Crippen LogP contribution in [0.25, 0.3) is 11.4 Å². The molecular formula is C19H19ClN4O2S. The third-order valence-corrected chi connectivity index (χ3v) is 5.32. The average molecular weight is 403 g/mol. The average Bonchev–Trinajstić information content (AvgIpc) is 3.23. The van der Waals surface area contributed by atoms with Gasteiger partial charge in [-0.1, -0.05) is 41.6 Å². The van der Waals surface area contributed by atoms with Gasteiger partial charge in [0.05, 0.1) is 27.8 Å². The molecule has 2 heterocycles. The molecule has 1 atom stereocenters. The molecule has 8 heteroatoms. The van der Waals surface area contributed by atoms with E-state index < -0.39 is 5.25 Å². The van der Waals surface area contributed by atoms with E-state index in [1.165, 1.54) is 11.8 Å². The Hall–Kier alpha value is -2.51. The molecule has 0 aliphatic rings. The van der Waals surface area contributed by atoms with Crippen LogP contribution in [0.4, 0.5) is 5.69 Å². The minimum absolute atomic E-state index is 0.165. The zero-order valence-electron chi connectivity index (χ0n) is 15.0. The van der Waals surface area contributed by atoms with Gasteiger partial charge in [-0.05, 0) is 32.0 Å². The zero-order chi connectivity index (χ0) is 19.4. The maximum absolute atomic E-state index is 12.5. The second-order valence-electron chi connectivity index (χ2n) is 5.83. The van der Waals surface area contributed by atoms with Crippen LogP contribution in [0.5, 0.6) is 0 Å². The molecule has 0 saturated heterocycles. The van der Waals surface area contributed by atoms with Crippen LogP contribution in [0.2, 0.25) is 5.02 Å². The molecule has 1 N–H and O–H groups in total. The van der Waals surface area contributed by atoms with Crippen molar-refractivity contribution in [2.24, 2.45) is 0 Å². The summed E-state index contributed by atoms with van der Waals surface area (Å²) in [6.45, 7) is 8.00. The van der Waals surface area contributed by atoms with Crippen molar-refractivity contribution in [1.82, 2.24) is 14.8 Å². The summed E-state index contributed by atoms with van der Waals surface area (Å²) in [6, 6.07) is 8.97. The number of aromatic nitrogens is 3. The highest BCUT2D eigenvalue weighted by Crippen LogP contribution is 2.30. The Balaban J connectivity index is 1.79.